The van der Waals surface area contributed by atoms with Crippen LogP contribution < -0.4 is 4.74 Å². The van der Waals surface area contributed by atoms with E-state index in [1.165, 1.54) is 0 Å². The Labute approximate surface area is 116 Å². The van der Waals surface area contributed by atoms with E-state index in [1.54, 1.807) is 38.3 Å². The highest BCUT2D eigenvalue weighted by Gasteiger charge is 2.30. The summed E-state index contributed by atoms with van der Waals surface area (Å²) in [6, 6.07) is 6.92. The monoisotopic (exact) mass is 276 g/mol. The number of hydrogen-bond donors (Lipinski definition) is 0. The number of ketones is 1. The normalized spacial score (nSPS) is 9.50. The number of carbonyl (C=O) groups excluding carboxylic acids is 2. The van der Waals surface area contributed by atoms with Crippen molar-refractivity contribution in [3.63, 3.8) is 0 Å². The molecule has 0 aromatic heterocycles. The molecule has 106 valence electrons. The van der Waals surface area contributed by atoms with Gasteiger partial charge in [0, 0.05) is 6.42 Å². The Morgan fingerprint density at radius 2 is 1.90 bits per heavy atom. The van der Waals surface area contributed by atoms with Crippen LogP contribution >= 0.6 is 0 Å². The number of esters is 1. The molecule has 0 heterocycles. The van der Waals surface area contributed by atoms with Crippen LogP contribution in [0.15, 0.2) is 24.3 Å². The number of benzene rings is 1. The first kappa shape index (κ1) is 15.6. The van der Waals surface area contributed by atoms with E-state index >= 15 is 0 Å². The number of carbonyl (C=O) groups is 2. The van der Waals surface area contributed by atoms with Gasteiger partial charge in [-0.3, -0.25) is 4.79 Å². The van der Waals surface area contributed by atoms with Crippen LogP contribution in [0.2, 0.25) is 0 Å². The molecule has 0 aliphatic heterocycles. The zero-order valence-corrected chi connectivity index (χ0v) is 11.5. The van der Waals surface area contributed by atoms with Gasteiger partial charge in [0.1, 0.15) is 12.4 Å². The van der Waals surface area contributed by atoms with Gasteiger partial charge >= 0.3 is 11.7 Å². The molecule has 20 heavy (non-hydrogen) atoms. The Kier molecular flexibility index (Phi) is 6.13. The Bertz CT molecular complexity index is 531. The summed E-state index contributed by atoms with van der Waals surface area (Å²) >= 11 is 0. The molecule has 0 amide bonds. The highest BCUT2D eigenvalue weighted by atomic mass is 16.5. The highest BCUT2D eigenvalue weighted by molar-refractivity contribution is 6.62. The topological polar surface area (TPSA) is 89.0 Å². The third-order valence-corrected chi connectivity index (χ3v) is 2.56. The predicted molar refractivity (Wildman–Crippen MR) is 71.3 cm³/mol. The Morgan fingerprint density at radius 3 is 2.40 bits per heavy atom. The maximum absolute atomic E-state index is 11.6. The second-order valence-corrected chi connectivity index (χ2v) is 4.05. The van der Waals surface area contributed by atoms with Crippen molar-refractivity contribution in [3.8, 4) is 5.75 Å². The molecule has 1 aromatic rings. The van der Waals surface area contributed by atoms with Gasteiger partial charge in [-0.1, -0.05) is 19.1 Å². The quantitative estimate of drug-likeness (QED) is 0.249. The number of Topliss-reactive ketones (excluding diaryl/α,β-unsaturated/α-hetero) is 1. The maximum atomic E-state index is 11.6. The van der Waals surface area contributed by atoms with Crippen molar-refractivity contribution in [2.45, 2.75) is 26.4 Å². The zero-order chi connectivity index (χ0) is 15.0. The van der Waals surface area contributed by atoms with Gasteiger partial charge in [0.15, 0.2) is 0 Å². The van der Waals surface area contributed by atoms with Crippen molar-refractivity contribution < 1.29 is 23.9 Å². The molecule has 0 unspecified atom stereocenters. The number of ether oxygens (including phenoxy) is 2. The molecule has 0 fully saturated rings. The van der Waals surface area contributed by atoms with Gasteiger partial charge in [0.2, 0.25) is 0 Å². The third-order valence-electron chi connectivity index (χ3n) is 2.56. The lowest BCUT2D eigenvalue weighted by Crippen LogP contribution is -2.27. The fraction of sp³-hybridized carbons (Fsp3) is 0.357. The van der Waals surface area contributed by atoms with Gasteiger partial charge in [-0.05, 0) is 24.1 Å². The van der Waals surface area contributed by atoms with Crippen LogP contribution in [0.5, 0.6) is 5.75 Å². The van der Waals surface area contributed by atoms with Crippen LogP contribution in [-0.4, -0.2) is 29.4 Å². The van der Waals surface area contributed by atoms with E-state index in [4.69, 9.17) is 15.0 Å². The number of rotatable bonds is 7. The third kappa shape index (κ3) is 4.33. The number of nitrogens with zero attached hydrogens (tertiary/aromatic N) is 2. The molecule has 0 spiro atoms. The highest BCUT2D eigenvalue weighted by Crippen LogP contribution is 2.12. The molecular weight excluding hydrogens is 260 g/mol. The molecule has 6 heteroatoms. The van der Waals surface area contributed by atoms with E-state index in [2.05, 4.69) is 4.79 Å². The van der Waals surface area contributed by atoms with Gasteiger partial charge in [-0.25, -0.2) is 4.79 Å². The van der Waals surface area contributed by atoms with E-state index in [-0.39, 0.29) is 13.0 Å². The van der Waals surface area contributed by atoms with Gasteiger partial charge < -0.3 is 15.0 Å². The van der Waals surface area contributed by atoms with Crippen LogP contribution in [0.3, 0.4) is 0 Å². The number of hydrogen-bond acceptors (Lipinski definition) is 4. The predicted octanol–water partition coefficient (Wildman–Crippen LogP) is 1.78. The summed E-state index contributed by atoms with van der Waals surface area (Å²) in [4.78, 5) is 25.8. The second kappa shape index (κ2) is 7.86. The van der Waals surface area contributed by atoms with Crippen LogP contribution in [0.1, 0.15) is 25.3 Å². The van der Waals surface area contributed by atoms with Crippen molar-refractivity contribution in [2.24, 2.45) is 0 Å². The van der Waals surface area contributed by atoms with Gasteiger partial charge in [-0.2, -0.15) is 4.79 Å². The first-order chi connectivity index (χ1) is 9.62. The van der Waals surface area contributed by atoms with Crippen molar-refractivity contribution in [2.75, 3.05) is 7.11 Å². The molecule has 6 nitrogen and oxygen atoms in total. The minimum Gasteiger partial charge on any atom is -0.497 e. The average molecular weight is 276 g/mol. The summed E-state index contributed by atoms with van der Waals surface area (Å²) in [6.45, 7) is 1.77. The SMILES string of the molecule is CCCC(=O)C(=[N+]=[N-])C(=O)OCc1ccc(OC)cc1. The van der Waals surface area contributed by atoms with Crippen molar-refractivity contribution >= 4 is 17.5 Å². The zero-order valence-electron chi connectivity index (χ0n) is 11.5. The minimum absolute atomic E-state index is 0.0126. The Hall–Kier alpha value is -2.46. The summed E-state index contributed by atoms with van der Waals surface area (Å²) in [5.41, 5.74) is 8.88. The molecule has 0 N–H and O–H groups in total. The van der Waals surface area contributed by atoms with Crippen molar-refractivity contribution in [3.05, 3.63) is 35.4 Å². The van der Waals surface area contributed by atoms with E-state index in [9.17, 15) is 9.59 Å². The van der Waals surface area contributed by atoms with Crippen LogP contribution in [-0.2, 0) is 20.9 Å². The first-order valence-electron chi connectivity index (χ1n) is 6.17. The fourth-order valence-electron chi connectivity index (χ4n) is 1.49. The lowest BCUT2D eigenvalue weighted by Gasteiger charge is -2.03. The minimum atomic E-state index is -0.929. The lowest BCUT2D eigenvalue weighted by atomic mass is 10.1. The second-order valence-electron chi connectivity index (χ2n) is 4.05. The average Bonchev–Trinajstić information content (AvgIpc) is 2.46. The molecule has 0 aliphatic carbocycles. The smallest absolute Gasteiger partial charge is 0.441 e. The molecule has 0 bridgehead atoms. The van der Waals surface area contributed by atoms with E-state index in [1.807, 2.05) is 0 Å². The first-order valence-corrected chi connectivity index (χ1v) is 6.17. The largest absolute Gasteiger partial charge is 0.497 e. The molecule has 0 saturated carbocycles. The summed E-state index contributed by atoms with van der Waals surface area (Å²) in [5, 5.41) is 0. The summed E-state index contributed by atoms with van der Waals surface area (Å²) < 4.78 is 9.93. The summed E-state index contributed by atoms with van der Waals surface area (Å²) in [5.74, 6) is -0.771. The fourth-order valence-corrected chi connectivity index (χ4v) is 1.49. The van der Waals surface area contributed by atoms with Crippen LogP contribution in [0.4, 0.5) is 0 Å². The van der Waals surface area contributed by atoms with Crippen molar-refractivity contribution in [1.29, 1.82) is 0 Å². The Balaban J connectivity index is 2.61. The van der Waals surface area contributed by atoms with Gasteiger partial charge in [0.05, 0.1) is 7.11 Å². The maximum Gasteiger partial charge on any atom is 0.441 e. The van der Waals surface area contributed by atoms with E-state index in [0.717, 1.165) is 5.56 Å². The lowest BCUT2D eigenvalue weighted by molar-refractivity contribution is -0.143. The van der Waals surface area contributed by atoms with Crippen LogP contribution in [0, 0.1) is 0 Å². The molecule has 0 radical (unpaired) electrons. The molecule has 0 aliphatic rings. The summed E-state index contributed by atoms with van der Waals surface area (Å²) in [7, 11) is 1.55. The molecule has 0 atom stereocenters. The molecule has 1 aromatic carbocycles. The van der Waals surface area contributed by atoms with Crippen LogP contribution in [0.25, 0.3) is 5.53 Å². The molecule has 0 saturated heterocycles. The van der Waals surface area contributed by atoms with Crippen molar-refractivity contribution in [1.82, 2.24) is 0 Å². The molecular formula is C14H16N2O4. The van der Waals surface area contributed by atoms with Gasteiger partial charge in [-0.15, -0.1) is 0 Å². The molecule has 1 rings (SSSR count). The number of methoxy groups -OCH3 is 1. The van der Waals surface area contributed by atoms with E-state index in [0.29, 0.717) is 12.2 Å². The van der Waals surface area contributed by atoms with Gasteiger partial charge in [0.25, 0.3) is 5.78 Å². The summed E-state index contributed by atoms with van der Waals surface area (Å²) in [6.07, 6.45) is 0.695. The standard InChI is InChI=1S/C14H16N2O4/c1-3-4-12(17)13(16-15)14(18)20-9-10-5-7-11(19-2)8-6-10/h5-8H,3-4,9H2,1-2H3. The Morgan fingerprint density at radius 1 is 1.25 bits per heavy atom. The van der Waals surface area contributed by atoms with E-state index < -0.39 is 17.5 Å².